The third kappa shape index (κ3) is 4.36. The van der Waals surface area contributed by atoms with Crippen LogP contribution in [0.15, 0.2) is 29.6 Å². The molecule has 2 rings (SSSR count). The topological polar surface area (TPSA) is 88.5 Å². The molecule has 0 radical (unpaired) electrons. The minimum Gasteiger partial charge on any atom is -0.479 e. The zero-order chi connectivity index (χ0) is 17.7. The molecule has 2 N–H and O–H groups in total. The van der Waals surface area contributed by atoms with Crippen LogP contribution in [0.1, 0.15) is 12.6 Å². The number of rotatable bonds is 7. The molecule has 1 heterocycles. The molecule has 0 aliphatic rings. The highest BCUT2D eigenvalue weighted by atomic mass is 32.1. The van der Waals surface area contributed by atoms with Crippen molar-refractivity contribution < 1.29 is 23.8 Å². The second-order valence-electron chi connectivity index (χ2n) is 5.45. The van der Waals surface area contributed by atoms with E-state index in [-0.39, 0.29) is 18.8 Å². The summed E-state index contributed by atoms with van der Waals surface area (Å²) in [5, 5.41) is 13.9. The number of ether oxygens (including phenoxy) is 1. The van der Waals surface area contributed by atoms with E-state index in [4.69, 9.17) is 4.74 Å². The number of methoxy groups -OCH3 is 1. The highest BCUT2D eigenvalue weighted by Crippen LogP contribution is 2.24. The highest BCUT2D eigenvalue weighted by molar-refractivity contribution is 7.13. The zero-order valence-corrected chi connectivity index (χ0v) is 14.0. The first kappa shape index (κ1) is 18.0. The average Bonchev–Trinajstić information content (AvgIpc) is 2.95. The van der Waals surface area contributed by atoms with E-state index < -0.39 is 17.4 Å². The molecular formula is C16H17FN2O4S. The van der Waals surface area contributed by atoms with E-state index in [9.17, 15) is 19.1 Å². The zero-order valence-electron chi connectivity index (χ0n) is 13.2. The number of halogens is 1. The second kappa shape index (κ2) is 7.50. The van der Waals surface area contributed by atoms with Gasteiger partial charge in [-0.25, -0.2) is 14.2 Å². The molecule has 2 aromatic rings. The number of hydrogen-bond donors (Lipinski definition) is 2. The molecule has 1 aromatic carbocycles. The van der Waals surface area contributed by atoms with Crippen LogP contribution in [0, 0.1) is 5.82 Å². The normalized spacial score (nSPS) is 13.3. The molecule has 0 saturated heterocycles. The summed E-state index contributed by atoms with van der Waals surface area (Å²) in [6.45, 7) is 1.22. The van der Waals surface area contributed by atoms with Crippen LogP contribution < -0.4 is 5.32 Å². The Bertz CT molecular complexity index is 749. The van der Waals surface area contributed by atoms with Gasteiger partial charge in [-0.05, 0) is 19.1 Å². The lowest BCUT2D eigenvalue weighted by Gasteiger charge is -2.25. The fourth-order valence-corrected chi connectivity index (χ4v) is 2.92. The van der Waals surface area contributed by atoms with E-state index in [1.165, 1.54) is 37.5 Å². The van der Waals surface area contributed by atoms with E-state index in [1.54, 1.807) is 17.5 Å². The van der Waals surface area contributed by atoms with E-state index in [0.717, 1.165) is 0 Å². The molecule has 6 nitrogen and oxygen atoms in total. The van der Waals surface area contributed by atoms with Gasteiger partial charge in [0, 0.05) is 18.1 Å². The van der Waals surface area contributed by atoms with Crippen LogP contribution >= 0.6 is 11.3 Å². The summed E-state index contributed by atoms with van der Waals surface area (Å²) in [6.07, 6.45) is -0.0710. The van der Waals surface area contributed by atoms with Crippen molar-refractivity contribution in [2.24, 2.45) is 0 Å². The van der Waals surface area contributed by atoms with Gasteiger partial charge in [-0.2, -0.15) is 0 Å². The van der Waals surface area contributed by atoms with Gasteiger partial charge in [-0.3, -0.25) is 4.79 Å². The summed E-state index contributed by atoms with van der Waals surface area (Å²) >= 11 is 1.29. The monoisotopic (exact) mass is 352 g/mol. The number of amides is 1. The number of thiazole rings is 1. The van der Waals surface area contributed by atoms with Crippen LogP contribution in [0.25, 0.3) is 10.6 Å². The third-order valence-corrected chi connectivity index (χ3v) is 4.23. The summed E-state index contributed by atoms with van der Waals surface area (Å²) in [7, 11) is 1.36. The van der Waals surface area contributed by atoms with Crippen molar-refractivity contribution in [2.45, 2.75) is 18.9 Å². The predicted molar refractivity (Wildman–Crippen MR) is 87.3 cm³/mol. The minimum absolute atomic E-state index is 0.0710. The van der Waals surface area contributed by atoms with E-state index in [0.29, 0.717) is 16.3 Å². The fraction of sp³-hybridized carbons (Fsp3) is 0.312. The Morgan fingerprint density at radius 1 is 1.46 bits per heavy atom. The summed E-state index contributed by atoms with van der Waals surface area (Å²) in [6, 6.07) is 6.02. The van der Waals surface area contributed by atoms with Crippen molar-refractivity contribution in [1.82, 2.24) is 10.3 Å². The third-order valence-electron chi connectivity index (χ3n) is 3.29. The van der Waals surface area contributed by atoms with Gasteiger partial charge in [0.05, 0.1) is 18.7 Å². The molecule has 0 saturated carbocycles. The molecule has 24 heavy (non-hydrogen) atoms. The maximum absolute atomic E-state index is 13.2. The summed E-state index contributed by atoms with van der Waals surface area (Å²) in [5.74, 6) is -2.02. The van der Waals surface area contributed by atoms with Gasteiger partial charge in [0.15, 0.2) is 5.54 Å². The lowest BCUT2D eigenvalue weighted by molar-refractivity contribution is -0.149. The number of nitrogens with zero attached hydrogens (tertiary/aromatic N) is 1. The van der Waals surface area contributed by atoms with Crippen molar-refractivity contribution in [1.29, 1.82) is 0 Å². The standard InChI is InChI=1S/C16H17FN2O4S/c1-16(9-23-2,15(21)22)19-13(20)7-12-8-24-14(18-12)10-4-3-5-11(17)6-10/h3-6,8H,7,9H2,1-2H3,(H,19,20)(H,21,22). The summed E-state index contributed by atoms with van der Waals surface area (Å²) in [5.41, 5.74) is -0.393. The predicted octanol–water partition coefficient (Wildman–Crippen LogP) is 2.10. The molecule has 0 aliphatic carbocycles. The van der Waals surface area contributed by atoms with Crippen LogP contribution in [0.2, 0.25) is 0 Å². The number of aliphatic carboxylic acids is 1. The highest BCUT2D eigenvalue weighted by Gasteiger charge is 2.35. The maximum Gasteiger partial charge on any atom is 0.331 e. The lowest BCUT2D eigenvalue weighted by Crippen LogP contribution is -2.55. The SMILES string of the molecule is COCC(C)(NC(=O)Cc1csc(-c2cccc(F)c2)n1)C(=O)O. The van der Waals surface area contributed by atoms with Gasteiger partial charge in [0.25, 0.3) is 0 Å². The van der Waals surface area contributed by atoms with E-state index in [1.807, 2.05) is 0 Å². The summed E-state index contributed by atoms with van der Waals surface area (Å²) < 4.78 is 18.1. The molecule has 8 heteroatoms. The molecule has 1 atom stereocenters. The number of nitrogens with one attached hydrogen (secondary N) is 1. The molecule has 1 amide bonds. The van der Waals surface area contributed by atoms with Crippen molar-refractivity contribution in [2.75, 3.05) is 13.7 Å². The van der Waals surface area contributed by atoms with Crippen LogP contribution in [-0.2, 0) is 20.7 Å². The fourth-order valence-electron chi connectivity index (χ4n) is 2.10. The molecule has 0 bridgehead atoms. The van der Waals surface area contributed by atoms with Crippen molar-refractivity contribution >= 4 is 23.2 Å². The first-order valence-electron chi connectivity index (χ1n) is 7.08. The lowest BCUT2D eigenvalue weighted by atomic mass is 10.0. The van der Waals surface area contributed by atoms with Crippen LogP contribution in [-0.4, -0.2) is 41.2 Å². The second-order valence-corrected chi connectivity index (χ2v) is 6.31. The van der Waals surface area contributed by atoms with Gasteiger partial charge in [-0.15, -0.1) is 11.3 Å². The number of benzene rings is 1. The Kier molecular flexibility index (Phi) is 5.63. The van der Waals surface area contributed by atoms with E-state index >= 15 is 0 Å². The van der Waals surface area contributed by atoms with Gasteiger partial charge in [0.1, 0.15) is 10.8 Å². The average molecular weight is 352 g/mol. The first-order chi connectivity index (χ1) is 11.3. The molecule has 128 valence electrons. The molecule has 1 unspecified atom stereocenters. The van der Waals surface area contributed by atoms with Crippen LogP contribution in [0.4, 0.5) is 4.39 Å². The number of hydrogen-bond acceptors (Lipinski definition) is 5. The Labute approximate surface area is 142 Å². The Hall–Kier alpha value is -2.32. The number of carboxylic acids is 1. The van der Waals surface area contributed by atoms with Crippen molar-refractivity contribution in [3.63, 3.8) is 0 Å². The summed E-state index contributed by atoms with van der Waals surface area (Å²) in [4.78, 5) is 27.7. The quantitative estimate of drug-likeness (QED) is 0.797. The largest absolute Gasteiger partial charge is 0.479 e. The Balaban J connectivity index is 2.06. The number of carboxylic acid groups (broad SMARTS) is 1. The Morgan fingerprint density at radius 3 is 2.83 bits per heavy atom. The number of aromatic nitrogens is 1. The van der Waals surface area contributed by atoms with Gasteiger partial charge in [0.2, 0.25) is 5.91 Å². The smallest absolute Gasteiger partial charge is 0.331 e. The van der Waals surface area contributed by atoms with E-state index in [2.05, 4.69) is 10.3 Å². The first-order valence-corrected chi connectivity index (χ1v) is 7.96. The van der Waals surface area contributed by atoms with Crippen LogP contribution in [0.5, 0.6) is 0 Å². The number of carbonyl (C=O) groups excluding carboxylic acids is 1. The van der Waals surface area contributed by atoms with Gasteiger partial charge in [-0.1, -0.05) is 12.1 Å². The Morgan fingerprint density at radius 2 is 2.21 bits per heavy atom. The number of carbonyl (C=O) groups is 2. The maximum atomic E-state index is 13.2. The van der Waals surface area contributed by atoms with Crippen molar-refractivity contribution in [3.05, 3.63) is 41.2 Å². The van der Waals surface area contributed by atoms with Crippen LogP contribution in [0.3, 0.4) is 0 Å². The molecule has 0 spiro atoms. The minimum atomic E-state index is -1.51. The molecule has 1 aromatic heterocycles. The van der Waals surface area contributed by atoms with Gasteiger partial charge < -0.3 is 15.2 Å². The van der Waals surface area contributed by atoms with Gasteiger partial charge >= 0.3 is 5.97 Å². The molecular weight excluding hydrogens is 335 g/mol. The molecule has 0 aliphatic heterocycles. The molecule has 0 fully saturated rings. The van der Waals surface area contributed by atoms with Crippen molar-refractivity contribution in [3.8, 4) is 10.6 Å².